The van der Waals surface area contributed by atoms with Crippen molar-refractivity contribution in [3.05, 3.63) is 53.6 Å². The Bertz CT molecular complexity index is 943. The number of nitrogens with zero attached hydrogens (tertiary/aromatic N) is 3. The summed E-state index contributed by atoms with van der Waals surface area (Å²) < 4.78 is 0. The van der Waals surface area contributed by atoms with Crippen molar-refractivity contribution in [1.29, 1.82) is 0 Å². The van der Waals surface area contributed by atoms with Crippen LogP contribution in [0.25, 0.3) is 0 Å². The molecule has 0 radical (unpaired) electrons. The van der Waals surface area contributed by atoms with Crippen molar-refractivity contribution >= 4 is 17.9 Å². The van der Waals surface area contributed by atoms with Gasteiger partial charge in [0.25, 0.3) is 0 Å². The number of rotatable bonds is 8. The van der Waals surface area contributed by atoms with Crippen LogP contribution in [0.2, 0.25) is 0 Å². The highest BCUT2D eigenvalue weighted by Gasteiger charge is 2.39. The predicted molar refractivity (Wildman–Crippen MR) is 119 cm³/mol. The minimum Gasteiger partial charge on any atom is -0.480 e. The average Bonchev–Trinajstić information content (AvgIpc) is 3.15. The van der Waals surface area contributed by atoms with Crippen molar-refractivity contribution in [2.45, 2.75) is 52.2 Å². The third-order valence-corrected chi connectivity index (χ3v) is 5.69. The van der Waals surface area contributed by atoms with E-state index in [1.54, 1.807) is 11.2 Å². The number of aliphatic carboxylic acids is 1. The number of carboxylic acid groups (broad SMARTS) is 1. The Morgan fingerprint density at radius 2 is 1.97 bits per heavy atom. The van der Waals surface area contributed by atoms with Crippen molar-refractivity contribution in [1.82, 2.24) is 25.1 Å². The molecule has 1 saturated heterocycles. The predicted octanol–water partition coefficient (Wildman–Crippen LogP) is 2.18. The molecule has 1 unspecified atom stereocenters. The van der Waals surface area contributed by atoms with Crippen LogP contribution < -0.4 is 5.32 Å². The number of urea groups is 1. The molecule has 3 rings (SSSR count). The first-order chi connectivity index (χ1) is 15.3. The Kier molecular flexibility index (Phi) is 7.50. The molecule has 3 N–H and O–H groups in total. The second kappa shape index (κ2) is 10.3. The molecular formula is C23H31N5O4. The van der Waals surface area contributed by atoms with Crippen LogP contribution in [0.1, 0.15) is 37.2 Å². The second-order valence-electron chi connectivity index (χ2n) is 8.60. The van der Waals surface area contributed by atoms with Gasteiger partial charge in [-0.2, -0.15) is 0 Å². The summed E-state index contributed by atoms with van der Waals surface area (Å²) in [5.74, 6) is -1.15. The zero-order chi connectivity index (χ0) is 23.3. The third kappa shape index (κ3) is 5.66. The van der Waals surface area contributed by atoms with Crippen molar-refractivity contribution in [3.63, 3.8) is 0 Å². The van der Waals surface area contributed by atoms with Gasteiger partial charge < -0.3 is 25.2 Å². The first-order valence-electron chi connectivity index (χ1n) is 10.9. The molecule has 1 aromatic heterocycles. The van der Waals surface area contributed by atoms with Gasteiger partial charge in [-0.05, 0) is 24.8 Å². The number of H-pyrrole nitrogens is 1. The molecule has 32 heavy (non-hydrogen) atoms. The van der Waals surface area contributed by atoms with E-state index < -0.39 is 24.1 Å². The number of hydrogen-bond acceptors (Lipinski definition) is 4. The molecule has 9 heteroatoms. The number of carboxylic acids is 1. The lowest BCUT2D eigenvalue weighted by Crippen LogP contribution is -2.62. The molecule has 1 aliphatic rings. The van der Waals surface area contributed by atoms with Crippen molar-refractivity contribution in [3.8, 4) is 0 Å². The molecule has 0 saturated carbocycles. The highest BCUT2D eigenvalue weighted by molar-refractivity contribution is 5.90. The van der Waals surface area contributed by atoms with Gasteiger partial charge >= 0.3 is 12.0 Å². The summed E-state index contributed by atoms with van der Waals surface area (Å²) in [6, 6.07) is 7.26. The standard InChI is InChI=1S/C23H31N5O4/c1-15(2)11-18(22(30)31)26-23(32)28-10-9-27(13-19-16(3)24-14-25-19)21(29)20(28)12-17-7-5-4-6-8-17/h4-8,14-15,18,20H,9-13H2,1-3H3,(H,24,25)(H,26,32)(H,30,31)/t18?,20-/m0/s1. The van der Waals surface area contributed by atoms with Crippen LogP contribution in [0.4, 0.5) is 4.79 Å². The van der Waals surface area contributed by atoms with Crippen molar-refractivity contribution < 1.29 is 19.5 Å². The molecule has 2 heterocycles. The fourth-order valence-electron chi connectivity index (χ4n) is 3.93. The van der Waals surface area contributed by atoms with Crippen LogP contribution in [-0.4, -0.2) is 68.0 Å². The number of imidazole rings is 1. The maximum Gasteiger partial charge on any atom is 0.326 e. The number of aryl methyl sites for hydroxylation is 1. The Balaban J connectivity index is 1.80. The molecule has 172 valence electrons. The van der Waals surface area contributed by atoms with Crippen molar-refractivity contribution in [2.75, 3.05) is 13.1 Å². The van der Waals surface area contributed by atoms with Gasteiger partial charge in [0, 0.05) is 25.2 Å². The van der Waals surface area contributed by atoms with Gasteiger partial charge in [0.1, 0.15) is 12.1 Å². The SMILES string of the molecule is Cc1[nH]cnc1CN1CCN(C(=O)NC(CC(C)C)C(=O)O)[C@@H](Cc2ccccc2)C1=O. The number of nitrogens with one attached hydrogen (secondary N) is 2. The first kappa shape index (κ1) is 23.3. The maximum absolute atomic E-state index is 13.4. The Hall–Kier alpha value is -3.36. The fourth-order valence-corrected chi connectivity index (χ4v) is 3.93. The number of benzene rings is 1. The smallest absolute Gasteiger partial charge is 0.326 e. The highest BCUT2D eigenvalue weighted by Crippen LogP contribution is 2.20. The molecule has 0 spiro atoms. The lowest BCUT2D eigenvalue weighted by molar-refractivity contribution is -0.140. The van der Waals surface area contributed by atoms with Crippen LogP contribution in [-0.2, 0) is 22.6 Å². The van der Waals surface area contributed by atoms with Gasteiger partial charge in [-0.15, -0.1) is 0 Å². The summed E-state index contributed by atoms with van der Waals surface area (Å²) >= 11 is 0. The first-order valence-corrected chi connectivity index (χ1v) is 10.9. The van der Waals surface area contributed by atoms with E-state index in [2.05, 4.69) is 15.3 Å². The van der Waals surface area contributed by atoms with Gasteiger partial charge in [0.05, 0.1) is 18.6 Å². The van der Waals surface area contributed by atoms with Gasteiger partial charge in [-0.25, -0.2) is 14.6 Å². The molecule has 2 atom stereocenters. The molecule has 0 bridgehead atoms. The lowest BCUT2D eigenvalue weighted by Gasteiger charge is -2.41. The van der Waals surface area contributed by atoms with E-state index in [0.717, 1.165) is 17.0 Å². The molecule has 1 aliphatic heterocycles. The average molecular weight is 442 g/mol. The minimum absolute atomic E-state index is 0.104. The lowest BCUT2D eigenvalue weighted by atomic mass is 10.0. The van der Waals surface area contributed by atoms with Crippen LogP contribution in [0, 0.1) is 12.8 Å². The quantitative estimate of drug-likeness (QED) is 0.580. The number of carbonyl (C=O) groups excluding carboxylic acids is 2. The van der Waals surface area contributed by atoms with E-state index in [1.807, 2.05) is 51.1 Å². The summed E-state index contributed by atoms with van der Waals surface area (Å²) in [7, 11) is 0. The number of aromatic amines is 1. The monoisotopic (exact) mass is 441 g/mol. The zero-order valence-electron chi connectivity index (χ0n) is 18.7. The van der Waals surface area contributed by atoms with E-state index >= 15 is 0 Å². The van der Waals surface area contributed by atoms with E-state index in [9.17, 15) is 19.5 Å². The summed E-state index contributed by atoms with van der Waals surface area (Å²) in [5, 5.41) is 12.1. The van der Waals surface area contributed by atoms with Crippen LogP contribution >= 0.6 is 0 Å². The van der Waals surface area contributed by atoms with Gasteiger partial charge in [0.2, 0.25) is 5.91 Å². The number of aromatic nitrogens is 2. The minimum atomic E-state index is -1.08. The summed E-state index contributed by atoms with van der Waals surface area (Å²) in [4.78, 5) is 48.6. The molecule has 2 aromatic rings. The summed E-state index contributed by atoms with van der Waals surface area (Å²) in [6.07, 6.45) is 2.27. The fraction of sp³-hybridized carbons (Fsp3) is 0.478. The number of carbonyl (C=O) groups is 3. The van der Waals surface area contributed by atoms with Crippen LogP contribution in [0.5, 0.6) is 0 Å². The van der Waals surface area contributed by atoms with Gasteiger partial charge in [-0.3, -0.25) is 4.79 Å². The Morgan fingerprint density at radius 3 is 2.56 bits per heavy atom. The normalized spacial score (nSPS) is 17.5. The van der Waals surface area contributed by atoms with E-state index in [0.29, 0.717) is 32.5 Å². The zero-order valence-corrected chi connectivity index (χ0v) is 18.7. The maximum atomic E-state index is 13.4. The summed E-state index contributed by atoms with van der Waals surface area (Å²) in [5.41, 5.74) is 2.62. The molecular weight excluding hydrogens is 410 g/mol. The Labute approximate surface area is 187 Å². The Morgan fingerprint density at radius 1 is 1.25 bits per heavy atom. The molecule has 1 aromatic carbocycles. The largest absolute Gasteiger partial charge is 0.480 e. The molecule has 3 amide bonds. The van der Waals surface area contributed by atoms with E-state index in [4.69, 9.17) is 0 Å². The van der Waals surface area contributed by atoms with Crippen molar-refractivity contribution in [2.24, 2.45) is 5.92 Å². The highest BCUT2D eigenvalue weighted by atomic mass is 16.4. The molecule has 1 fully saturated rings. The van der Waals surface area contributed by atoms with Crippen LogP contribution in [0.15, 0.2) is 36.7 Å². The van der Waals surface area contributed by atoms with Gasteiger partial charge in [-0.1, -0.05) is 44.2 Å². The van der Waals surface area contributed by atoms with E-state index in [-0.39, 0.29) is 11.8 Å². The number of piperazine rings is 1. The third-order valence-electron chi connectivity index (χ3n) is 5.69. The second-order valence-corrected chi connectivity index (χ2v) is 8.60. The number of amides is 3. The van der Waals surface area contributed by atoms with E-state index in [1.165, 1.54) is 4.90 Å². The van der Waals surface area contributed by atoms with Gasteiger partial charge in [0.15, 0.2) is 0 Å². The number of hydrogen-bond donors (Lipinski definition) is 3. The summed E-state index contributed by atoms with van der Waals surface area (Å²) in [6.45, 7) is 6.73. The van der Waals surface area contributed by atoms with Crippen LogP contribution in [0.3, 0.4) is 0 Å². The topological polar surface area (TPSA) is 119 Å². The molecule has 9 nitrogen and oxygen atoms in total. The molecule has 0 aliphatic carbocycles.